The van der Waals surface area contributed by atoms with Crippen LogP contribution in [-0.4, -0.2) is 30.2 Å². The Kier molecular flexibility index (Phi) is 2.98. The maximum Gasteiger partial charge on any atom is 0.0592 e. The standard InChI is InChI=1S/C11H16BrN3/c1-11(2)8-15(6-5-14-11)10-3-4-13-7-9(10)12/h3-4,7,14H,5-6,8H2,1-2H3. The van der Waals surface area contributed by atoms with Gasteiger partial charge in [-0.2, -0.15) is 0 Å². The molecule has 1 N–H and O–H groups in total. The second-order valence-corrected chi connectivity index (χ2v) is 5.41. The number of rotatable bonds is 1. The molecule has 1 fully saturated rings. The highest BCUT2D eigenvalue weighted by molar-refractivity contribution is 9.10. The van der Waals surface area contributed by atoms with E-state index < -0.39 is 0 Å². The van der Waals surface area contributed by atoms with Gasteiger partial charge in [0.1, 0.15) is 0 Å². The largest absolute Gasteiger partial charge is 0.367 e. The van der Waals surface area contributed by atoms with Gasteiger partial charge < -0.3 is 10.2 Å². The van der Waals surface area contributed by atoms with Crippen molar-refractivity contribution in [1.29, 1.82) is 0 Å². The Bertz CT molecular complexity index is 351. The molecular formula is C11H16BrN3. The molecule has 82 valence electrons. The first-order chi connectivity index (χ1) is 7.08. The Morgan fingerprint density at radius 1 is 1.53 bits per heavy atom. The normalized spacial score (nSPS) is 20.3. The van der Waals surface area contributed by atoms with Crippen LogP contribution in [0, 0.1) is 0 Å². The first kappa shape index (κ1) is 10.9. The van der Waals surface area contributed by atoms with Crippen LogP contribution in [0.4, 0.5) is 5.69 Å². The van der Waals surface area contributed by atoms with Crippen LogP contribution >= 0.6 is 15.9 Å². The van der Waals surface area contributed by atoms with Gasteiger partial charge in [-0.3, -0.25) is 4.98 Å². The van der Waals surface area contributed by atoms with Gasteiger partial charge in [0.05, 0.1) is 10.2 Å². The van der Waals surface area contributed by atoms with Crippen LogP contribution in [0.25, 0.3) is 0 Å². The van der Waals surface area contributed by atoms with Crippen LogP contribution in [-0.2, 0) is 0 Å². The van der Waals surface area contributed by atoms with Crippen molar-refractivity contribution in [2.45, 2.75) is 19.4 Å². The molecule has 0 saturated carbocycles. The number of hydrogen-bond acceptors (Lipinski definition) is 3. The van der Waals surface area contributed by atoms with Crippen LogP contribution < -0.4 is 10.2 Å². The molecule has 0 radical (unpaired) electrons. The first-order valence-corrected chi connectivity index (χ1v) is 5.97. The molecular weight excluding hydrogens is 254 g/mol. The molecule has 0 aromatic carbocycles. The van der Waals surface area contributed by atoms with E-state index in [0.29, 0.717) is 0 Å². The highest BCUT2D eigenvalue weighted by Gasteiger charge is 2.26. The van der Waals surface area contributed by atoms with Crippen LogP contribution in [0.1, 0.15) is 13.8 Å². The van der Waals surface area contributed by atoms with E-state index in [9.17, 15) is 0 Å². The average molecular weight is 270 g/mol. The Morgan fingerprint density at radius 3 is 3.00 bits per heavy atom. The first-order valence-electron chi connectivity index (χ1n) is 5.18. The van der Waals surface area contributed by atoms with Gasteiger partial charge >= 0.3 is 0 Å². The van der Waals surface area contributed by atoms with Crippen molar-refractivity contribution in [3.8, 4) is 0 Å². The lowest BCUT2D eigenvalue weighted by atomic mass is 10.0. The number of pyridine rings is 1. The van der Waals surface area contributed by atoms with Gasteiger partial charge in [0.2, 0.25) is 0 Å². The third kappa shape index (κ3) is 2.49. The summed E-state index contributed by atoms with van der Waals surface area (Å²) >= 11 is 3.54. The van der Waals surface area contributed by atoms with E-state index in [0.717, 1.165) is 24.1 Å². The second-order valence-electron chi connectivity index (χ2n) is 4.56. The minimum absolute atomic E-state index is 0.182. The predicted octanol–water partition coefficient (Wildman–Crippen LogP) is 2.03. The highest BCUT2D eigenvalue weighted by atomic mass is 79.9. The lowest BCUT2D eigenvalue weighted by Crippen LogP contribution is -2.57. The molecule has 1 aliphatic rings. The summed E-state index contributed by atoms with van der Waals surface area (Å²) in [5.41, 5.74) is 1.42. The van der Waals surface area contributed by atoms with Gasteiger partial charge in [0, 0.05) is 37.6 Å². The summed E-state index contributed by atoms with van der Waals surface area (Å²) in [7, 11) is 0. The van der Waals surface area contributed by atoms with Crippen molar-refractivity contribution < 1.29 is 0 Å². The quantitative estimate of drug-likeness (QED) is 0.846. The predicted molar refractivity (Wildman–Crippen MR) is 66.2 cm³/mol. The van der Waals surface area contributed by atoms with E-state index >= 15 is 0 Å². The SMILES string of the molecule is CC1(C)CN(c2ccncc2Br)CCN1. The number of nitrogens with zero attached hydrogens (tertiary/aromatic N) is 2. The smallest absolute Gasteiger partial charge is 0.0592 e. The van der Waals surface area contributed by atoms with Crippen LogP contribution in [0.5, 0.6) is 0 Å². The van der Waals surface area contributed by atoms with E-state index in [4.69, 9.17) is 0 Å². The minimum atomic E-state index is 0.182. The maximum atomic E-state index is 4.09. The second kappa shape index (κ2) is 4.10. The van der Waals surface area contributed by atoms with Gasteiger partial charge in [-0.05, 0) is 35.8 Å². The fourth-order valence-electron chi connectivity index (χ4n) is 1.97. The van der Waals surface area contributed by atoms with Crippen molar-refractivity contribution in [1.82, 2.24) is 10.3 Å². The zero-order valence-electron chi connectivity index (χ0n) is 9.13. The van der Waals surface area contributed by atoms with Crippen molar-refractivity contribution in [2.75, 3.05) is 24.5 Å². The van der Waals surface area contributed by atoms with E-state index in [1.807, 2.05) is 12.4 Å². The van der Waals surface area contributed by atoms with Crippen LogP contribution in [0.3, 0.4) is 0 Å². The molecule has 2 heterocycles. The molecule has 0 amide bonds. The van der Waals surface area contributed by atoms with E-state index in [1.54, 1.807) is 0 Å². The molecule has 15 heavy (non-hydrogen) atoms. The number of piperazine rings is 1. The number of hydrogen-bond donors (Lipinski definition) is 1. The molecule has 1 saturated heterocycles. The number of aromatic nitrogens is 1. The van der Waals surface area contributed by atoms with Gasteiger partial charge in [-0.25, -0.2) is 0 Å². The van der Waals surface area contributed by atoms with Crippen LogP contribution in [0.2, 0.25) is 0 Å². The molecule has 0 atom stereocenters. The highest BCUT2D eigenvalue weighted by Crippen LogP contribution is 2.27. The van der Waals surface area contributed by atoms with Gasteiger partial charge in [-0.15, -0.1) is 0 Å². The van der Waals surface area contributed by atoms with Crippen LogP contribution in [0.15, 0.2) is 22.9 Å². The summed E-state index contributed by atoms with van der Waals surface area (Å²) in [6, 6.07) is 2.06. The van der Waals surface area contributed by atoms with Crippen molar-refractivity contribution in [3.05, 3.63) is 22.9 Å². The Labute approximate surface area is 99.0 Å². The fourth-order valence-corrected chi connectivity index (χ4v) is 2.47. The topological polar surface area (TPSA) is 28.2 Å². The van der Waals surface area contributed by atoms with Crippen molar-refractivity contribution in [2.24, 2.45) is 0 Å². The van der Waals surface area contributed by atoms with Gasteiger partial charge in [-0.1, -0.05) is 0 Å². The molecule has 0 aliphatic carbocycles. The van der Waals surface area contributed by atoms with E-state index in [2.05, 4.69) is 51.0 Å². The Morgan fingerprint density at radius 2 is 2.33 bits per heavy atom. The molecule has 0 unspecified atom stereocenters. The van der Waals surface area contributed by atoms with Gasteiger partial charge in [0.15, 0.2) is 0 Å². The van der Waals surface area contributed by atoms with Gasteiger partial charge in [0.25, 0.3) is 0 Å². The average Bonchev–Trinajstić information content (AvgIpc) is 2.17. The number of anilines is 1. The van der Waals surface area contributed by atoms with Crippen molar-refractivity contribution >= 4 is 21.6 Å². The molecule has 1 aromatic rings. The molecule has 4 heteroatoms. The molecule has 0 spiro atoms. The number of halogens is 1. The molecule has 1 aromatic heterocycles. The summed E-state index contributed by atoms with van der Waals surface area (Å²) in [5.74, 6) is 0. The Hall–Kier alpha value is -0.610. The summed E-state index contributed by atoms with van der Waals surface area (Å²) in [6.07, 6.45) is 3.69. The maximum absolute atomic E-state index is 4.09. The summed E-state index contributed by atoms with van der Waals surface area (Å²) < 4.78 is 1.07. The zero-order valence-corrected chi connectivity index (χ0v) is 10.7. The minimum Gasteiger partial charge on any atom is -0.367 e. The summed E-state index contributed by atoms with van der Waals surface area (Å²) in [5, 5.41) is 3.50. The summed E-state index contributed by atoms with van der Waals surface area (Å²) in [6.45, 7) is 7.56. The molecule has 1 aliphatic heterocycles. The zero-order chi connectivity index (χ0) is 10.9. The molecule has 3 nitrogen and oxygen atoms in total. The third-order valence-corrected chi connectivity index (χ3v) is 3.27. The Balaban J connectivity index is 2.21. The monoisotopic (exact) mass is 269 g/mol. The fraction of sp³-hybridized carbons (Fsp3) is 0.545. The van der Waals surface area contributed by atoms with Crippen molar-refractivity contribution in [3.63, 3.8) is 0 Å². The number of nitrogens with one attached hydrogen (secondary N) is 1. The third-order valence-electron chi connectivity index (χ3n) is 2.66. The summed E-state index contributed by atoms with van der Waals surface area (Å²) in [4.78, 5) is 6.48. The lowest BCUT2D eigenvalue weighted by molar-refractivity contribution is 0.353. The van der Waals surface area contributed by atoms with E-state index in [1.165, 1.54) is 5.69 Å². The lowest BCUT2D eigenvalue weighted by Gasteiger charge is -2.40. The molecule has 2 rings (SSSR count). The molecule has 0 bridgehead atoms. The van der Waals surface area contributed by atoms with E-state index in [-0.39, 0.29) is 5.54 Å².